The standard InChI is InChI=1S/C11H19NO3S/c1-10(2,3)15-9(13)12-7-16-5-8(12)11(4)6-14-11/h8H,5-7H2,1-4H3. The third-order valence-corrected chi connectivity index (χ3v) is 3.83. The number of thioether (sulfide) groups is 1. The van der Waals surface area contributed by atoms with Crippen LogP contribution in [0.5, 0.6) is 0 Å². The number of rotatable bonds is 1. The maximum absolute atomic E-state index is 12.0. The van der Waals surface area contributed by atoms with Gasteiger partial charge in [0.15, 0.2) is 0 Å². The molecule has 92 valence electrons. The van der Waals surface area contributed by atoms with Crippen molar-refractivity contribution in [3.63, 3.8) is 0 Å². The average Bonchev–Trinajstić information content (AvgIpc) is 2.70. The molecule has 16 heavy (non-hydrogen) atoms. The number of hydrogen-bond acceptors (Lipinski definition) is 4. The summed E-state index contributed by atoms with van der Waals surface area (Å²) >= 11 is 1.76. The van der Waals surface area contributed by atoms with Crippen LogP contribution in [-0.2, 0) is 9.47 Å². The average molecular weight is 245 g/mol. The van der Waals surface area contributed by atoms with Crippen LogP contribution in [-0.4, -0.2) is 46.5 Å². The largest absolute Gasteiger partial charge is 0.444 e. The van der Waals surface area contributed by atoms with Crippen LogP contribution in [0.4, 0.5) is 4.79 Å². The molecule has 0 aromatic heterocycles. The van der Waals surface area contributed by atoms with E-state index in [0.29, 0.717) is 5.88 Å². The van der Waals surface area contributed by atoms with Crippen molar-refractivity contribution in [2.24, 2.45) is 0 Å². The normalized spacial score (nSPS) is 34.0. The number of carbonyl (C=O) groups excluding carboxylic acids is 1. The van der Waals surface area contributed by atoms with Crippen LogP contribution in [0.15, 0.2) is 0 Å². The summed E-state index contributed by atoms with van der Waals surface area (Å²) in [5, 5.41) is 0. The zero-order chi connectivity index (χ0) is 12.0. The molecule has 0 aromatic rings. The molecule has 2 heterocycles. The smallest absolute Gasteiger partial charge is 0.411 e. The molecule has 2 fully saturated rings. The van der Waals surface area contributed by atoms with Gasteiger partial charge >= 0.3 is 6.09 Å². The van der Waals surface area contributed by atoms with Crippen molar-refractivity contribution in [3.8, 4) is 0 Å². The highest BCUT2D eigenvalue weighted by Gasteiger charge is 2.53. The van der Waals surface area contributed by atoms with Gasteiger partial charge < -0.3 is 9.47 Å². The maximum atomic E-state index is 12.0. The quantitative estimate of drug-likeness (QED) is 0.663. The summed E-state index contributed by atoms with van der Waals surface area (Å²) in [6.45, 7) is 8.47. The van der Waals surface area contributed by atoms with Gasteiger partial charge in [-0.3, -0.25) is 4.90 Å². The van der Waals surface area contributed by atoms with E-state index in [9.17, 15) is 4.79 Å². The molecule has 0 radical (unpaired) electrons. The SMILES string of the molecule is CC(C)(C)OC(=O)N1CSCC1C1(C)CO1. The third kappa shape index (κ3) is 2.46. The van der Waals surface area contributed by atoms with Crippen LogP contribution in [0.25, 0.3) is 0 Å². The van der Waals surface area contributed by atoms with Gasteiger partial charge in [-0.25, -0.2) is 4.79 Å². The summed E-state index contributed by atoms with van der Waals surface area (Å²) in [6, 6.07) is 0.160. The number of amides is 1. The number of hydrogen-bond donors (Lipinski definition) is 0. The third-order valence-electron chi connectivity index (χ3n) is 2.81. The number of ether oxygens (including phenoxy) is 2. The molecular weight excluding hydrogens is 226 g/mol. The zero-order valence-electron chi connectivity index (χ0n) is 10.3. The van der Waals surface area contributed by atoms with Crippen molar-refractivity contribution >= 4 is 17.9 Å². The number of carbonyl (C=O) groups is 1. The molecule has 0 N–H and O–H groups in total. The Kier molecular flexibility index (Phi) is 2.87. The summed E-state index contributed by atoms with van der Waals surface area (Å²) in [5.74, 6) is 1.65. The zero-order valence-corrected chi connectivity index (χ0v) is 11.1. The number of epoxide rings is 1. The minimum absolute atomic E-state index is 0.138. The first-order valence-electron chi connectivity index (χ1n) is 5.53. The van der Waals surface area contributed by atoms with Crippen molar-refractivity contribution in [2.75, 3.05) is 18.2 Å². The maximum Gasteiger partial charge on any atom is 0.411 e. The summed E-state index contributed by atoms with van der Waals surface area (Å²) < 4.78 is 10.8. The first kappa shape index (κ1) is 12.0. The highest BCUT2D eigenvalue weighted by atomic mass is 32.2. The van der Waals surface area contributed by atoms with E-state index in [0.717, 1.165) is 12.4 Å². The van der Waals surface area contributed by atoms with Gasteiger partial charge in [-0.1, -0.05) is 0 Å². The van der Waals surface area contributed by atoms with Crippen molar-refractivity contribution in [3.05, 3.63) is 0 Å². The fourth-order valence-electron chi connectivity index (χ4n) is 1.76. The van der Waals surface area contributed by atoms with Crippen molar-refractivity contribution in [1.82, 2.24) is 4.90 Å². The molecule has 4 nitrogen and oxygen atoms in total. The van der Waals surface area contributed by atoms with Crippen molar-refractivity contribution in [2.45, 2.75) is 44.9 Å². The first-order valence-corrected chi connectivity index (χ1v) is 6.69. The lowest BCUT2D eigenvalue weighted by Gasteiger charge is -2.29. The Morgan fingerprint density at radius 3 is 2.69 bits per heavy atom. The van der Waals surface area contributed by atoms with Gasteiger partial charge in [0.1, 0.15) is 11.2 Å². The van der Waals surface area contributed by atoms with Gasteiger partial charge in [0.05, 0.1) is 18.5 Å². The van der Waals surface area contributed by atoms with E-state index in [4.69, 9.17) is 9.47 Å². The Morgan fingerprint density at radius 1 is 1.56 bits per heavy atom. The van der Waals surface area contributed by atoms with E-state index in [-0.39, 0.29) is 17.7 Å². The predicted molar refractivity (Wildman–Crippen MR) is 63.5 cm³/mol. The van der Waals surface area contributed by atoms with E-state index in [1.807, 2.05) is 20.8 Å². The summed E-state index contributed by atoms with van der Waals surface area (Å²) in [7, 11) is 0. The Bertz CT molecular complexity index is 296. The molecule has 2 atom stereocenters. The van der Waals surface area contributed by atoms with Gasteiger partial charge in [0.2, 0.25) is 0 Å². The lowest BCUT2D eigenvalue weighted by atomic mass is 10.0. The minimum atomic E-state index is -0.430. The van der Waals surface area contributed by atoms with E-state index in [2.05, 4.69) is 6.92 Å². The molecule has 0 bridgehead atoms. The van der Waals surface area contributed by atoms with E-state index in [1.165, 1.54) is 0 Å². The fourth-order valence-corrected chi connectivity index (χ4v) is 3.10. The molecule has 1 amide bonds. The van der Waals surface area contributed by atoms with Gasteiger partial charge in [-0.2, -0.15) is 0 Å². The summed E-state index contributed by atoms with van der Waals surface area (Å²) in [4.78, 5) is 13.8. The Morgan fingerprint density at radius 2 is 2.19 bits per heavy atom. The highest BCUT2D eigenvalue weighted by molar-refractivity contribution is 7.99. The molecule has 2 rings (SSSR count). The summed E-state index contributed by atoms with van der Waals surface area (Å²) in [6.07, 6.45) is -0.223. The first-order chi connectivity index (χ1) is 7.32. The Balaban J connectivity index is 2.00. The monoisotopic (exact) mass is 245 g/mol. The van der Waals surface area contributed by atoms with Gasteiger partial charge in [-0.15, -0.1) is 11.8 Å². The molecule has 0 aliphatic carbocycles. The second-order valence-corrected chi connectivity index (χ2v) is 6.57. The molecular formula is C11H19NO3S. The molecule has 2 saturated heterocycles. The van der Waals surface area contributed by atoms with Crippen LogP contribution in [0.1, 0.15) is 27.7 Å². The van der Waals surface area contributed by atoms with Crippen molar-refractivity contribution < 1.29 is 14.3 Å². The van der Waals surface area contributed by atoms with Gasteiger partial charge in [0, 0.05) is 5.75 Å². The van der Waals surface area contributed by atoms with Crippen LogP contribution < -0.4 is 0 Å². The van der Waals surface area contributed by atoms with Crippen molar-refractivity contribution in [1.29, 1.82) is 0 Å². The predicted octanol–water partition coefficient (Wildman–Crippen LogP) is 2.09. The molecule has 2 unspecified atom stereocenters. The molecule has 2 aliphatic heterocycles. The second-order valence-electron chi connectivity index (χ2n) is 5.57. The second kappa shape index (κ2) is 3.81. The number of nitrogens with zero attached hydrogens (tertiary/aromatic N) is 1. The van der Waals surface area contributed by atoms with E-state index in [1.54, 1.807) is 16.7 Å². The highest BCUT2D eigenvalue weighted by Crippen LogP contribution is 2.39. The van der Waals surface area contributed by atoms with Crippen LogP contribution >= 0.6 is 11.8 Å². The van der Waals surface area contributed by atoms with E-state index < -0.39 is 5.60 Å². The Labute approximate surface area is 101 Å². The molecule has 5 heteroatoms. The minimum Gasteiger partial charge on any atom is -0.444 e. The van der Waals surface area contributed by atoms with Gasteiger partial charge in [-0.05, 0) is 27.7 Å². The van der Waals surface area contributed by atoms with Crippen LogP contribution in [0.2, 0.25) is 0 Å². The molecule has 0 aromatic carbocycles. The molecule has 0 spiro atoms. The topological polar surface area (TPSA) is 42.1 Å². The van der Waals surface area contributed by atoms with E-state index >= 15 is 0 Å². The fraction of sp³-hybridized carbons (Fsp3) is 0.909. The lowest BCUT2D eigenvalue weighted by Crippen LogP contribution is -2.46. The van der Waals surface area contributed by atoms with Crippen LogP contribution in [0.3, 0.4) is 0 Å². The Hall–Kier alpha value is -0.420. The molecule has 0 saturated carbocycles. The molecule has 2 aliphatic rings. The van der Waals surface area contributed by atoms with Gasteiger partial charge in [0.25, 0.3) is 0 Å². The summed E-state index contributed by atoms with van der Waals surface area (Å²) in [5.41, 5.74) is -0.569. The lowest BCUT2D eigenvalue weighted by molar-refractivity contribution is 0.0173. The van der Waals surface area contributed by atoms with Crippen LogP contribution in [0, 0.1) is 0 Å².